The Balaban J connectivity index is 0.000000383. The molecule has 0 saturated carbocycles. The number of halogens is 3. The van der Waals surface area contributed by atoms with Gasteiger partial charge in [0.1, 0.15) is 5.60 Å². The number of anilines is 1. The number of thiophene rings is 1. The molecule has 2 unspecified atom stereocenters. The van der Waals surface area contributed by atoms with Gasteiger partial charge in [-0.15, -0.1) is 11.3 Å². The normalized spacial score (nSPS) is 23.6. The molecule has 0 radical (unpaired) electrons. The summed E-state index contributed by atoms with van der Waals surface area (Å²) in [6.07, 6.45) is -0.566. The molecule has 2 N–H and O–H groups in total. The fraction of sp³-hybridized carbons (Fsp3) is 0.571. The highest BCUT2D eigenvalue weighted by molar-refractivity contribution is 7.11. The molecule has 0 bridgehead atoms. The monoisotopic (exact) mass is 488 g/mol. The van der Waals surface area contributed by atoms with Crippen LogP contribution < -0.4 is 5.32 Å². The van der Waals surface area contributed by atoms with Crippen molar-refractivity contribution in [2.45, 2.75) is 31.7 Å². The molecule has 0 amide bonds. The van der Waals surface area contributed by atoms with Gasteiger partial charge in [0.15, 0.2) is 0 Å². The van der Waals surface area contributed by atoms with Gasteiger partial charge < -0.3 is 19.9 Å². The maximum Gasteiger partial charge on any atom is 0.490 e. The van der Waals surface area contributed by atoms with Crippen molar-refractivity contribution in [1.82, 2.24) is 14.9 Å². The van der Waals surface area contributed by atoms with Crippen LogP contribution in [0.1, 0.15) is 16.2 Å². The molecule has 8 nitrogen and oxygen atoms in total. The van der Waals surface area contributed by atoms with Crippen LogP contribution in [0.25, 0.3) is 0 Å². The Morgan fingerprint density at radius 1 is 1.36 bits per heavy atom. The Bertz CT molecular complexity index is 899. The predicted molar refractivity (Wildman–Crippen MR) is 116 cm³/mol. The third-order valence-corrected chi connectivity index (χ3v) is 6.23. The van der Waals surface area contributed by atoms with Crippen molar-refractivity contribution in [3.8, 4) is 0 Å². The third-order valence-electron chi connectivity index (χ3n) is 5.25. The lowest BCUT2D eigenvalue weighted by molar-refractivity contribution is -0.192. The molecule has 182 valence electrons. The van der Waals surface area contributed by atoms with Gasteiger partial charge in [-0.05, 0) is 31.5 Å². The first-order valence-corrected chi connectivity index (χ1v) is 11.3. The summed E-state index contributed by atoms with van der Waals surface area (Å²) in [6, 6.07) is 6.26. The second-order valence-electron chi connectivity index (χ2n) is 8.10. The molecule has 2 aromatic rings. The minimum absolute atomic E-state index is 0.188. The largest absolute Gasteiger partial charge is 0.490 e. The van der Waals surface area contributed by atoms with E-state index >= 15 is 0 Å². The average molecular weight is 489 g/mol. The van der Waals surface area contributed by atoms with Gasteiger partial charge in [0.2, 0.25) is 5.95 Å². The van der Waals surface area contributed by atoms with Crippen LogP contribution in [0.4, 0.5) is 19.1 Å². The van der Waals surface area contributed by atoms with Gasteiger partial charge in [-0.3, -0.25) is 4.90 Å². The quantitative estimate of drug-likeness (QED) is 0.663. The Kier molecular flexibility index (Phi) is 8.63. The lowest BCUT2D eigenvalue weighted by Gasteiger charge is -2.31. The molecular weight excluding hydrogens is 461 g/mol. The van der Waals surface area contributed by atoms with Crippen molar-refractivity contribution in [3.05, 3.63) is 40.3 Å². The number of carboxylic acid groups (broad SMARTS) is 1. The zero-order valence-electron chi connectivity index (χ0n) is 18.2. The highest BCUT2D eigenvalue weighted by Crippen LogP contribution is 2.33. The maximum atomic E-state index is 10.6. The second kappa shape index (κ2) is 11.2. The lowest BCUT2D eigenvalue weighted by Crippen LogP contribution is -2.43. The summed E-state index contributed by atoms with van der Waals surface area (Å²) in [4.78, 5) is 22.6. The molecule has 0 aromatic carbocycles. The summed E-state index contributed by atoms with van der Waals surface area (Å²) in [6.45, 7) is 8.08. The Labute approximate surface area is 193 Å². The molecule has 12 heteroatoms. The fourth-order valence-electron chi connectivity index (χ4n) is 3.82. The first kappa shape index (κ1) is 25.3. The highest BCUT2D eigenvalue weighted by Gasteiger charge is 2.43. The number of rotatable bonds is 5. The zero-order chi connectivity index (χ0) is 23.9. The fourth-order valence-corrected chi connectivity index (χ4v) is 4.75. The summed E-state index contributed by atoms with van der Waals surface area (Å²) in [5.41, 5.74) is -0.188. The van der Waals surface area contributed by atoms with Crippen LogP contribution in [-0.2, 0) is 20.8 Å². The maximum absolute atomic E-state index is 10.6. The predicted octanol–water partition coefficient (Wildman–Crippen LogP) is 3.20. The van der Waals surface area contributed by atoms with E-state index in [-0.39, 0.29) is 5.60 Å². The number of ether oxygens (including phenoxy) is 2. The van der Waals surface area contributed by atoms with Crippen LogP contribution in [0.5, 0.6) is 0 Å². The van der Waals surface area contributed by atoms with Crippen molar-refractivity contribution in [2.75, 3.05) is 44.8 Å². The van der Waals surface area contributed by atoms with Gasteiger partial charge in [-0.1, -0.05) is 0 Å². The number of nitrogens with zero attached hydrogens (tertiary/aromatic N) is 3. The summed E-state index contributed by atoms with van der Waals surface area (Å²) in [5, 5.41) is 10.4. The van der Waals surface area contributed by atoms with Crippen LogP contribution in [0.3, 0.4) is 0 Å². The van der Waals surface area contributed by atoms with Gasteiger partial charge in [0.05, 0.1) is 19.8 Å². The smallest absolute Gasteiger partial charge is 0.475 e. The number of carboxylic acids is 1. The molecular formula is C21H27F3N4O4S. The minimum Gasteiger partial charge on any atom is -0.475 e. The minimum atomic E-state index is -5.08. The molecule has 2 saturated heterocycles. The molecule has 2 aromatic heterocycles. The van der Waals surface area contributed by atoms with E-state index in [9.17, 15) is 13.2 Å². The van der Waals surface area contributed by atoms with E-state index in [2.05, 4.69) is 39.2 Å². The molecule has 1 spiro atoms. The first-order chi connectivity index (χ1) is 15.7. The van der Waals surface area contributed by atoms with E-state index in [0.29, 0.717) is 18.5 Å². The third kappa shape index (κ3) is 7.91. The molecule has 2 fully saturated rings. The standard InChI is InChI=1S/C19H26N4O2S.C2HF3O2/c1-15-3-4-17(26-15)11-23-7-8-24-14-19(13-23)9-16(12-25-19)10-22-18-20-5-2-6-21-18;3-2(4,5)1(6)7/h2-6,16H,7-14H2,1H3,(H,20,21,22);(H,6,7). The van der Waals surface area contributed by atoms with E-state index in [1.165, 1.54) is 9.75 Å². The van der Waals surface area contributed by atoms with Gasteiger partial charge in [-0.25, -0.2) is 14.8 Å². The van der Waals surface area contributed by atoms with Gasteiger partial charge >= 0.3 is 12.1 Å². The van der Waals surface area contributed by atoms with Crippen LogP contribution in [-0.4, -0.2) is 77.2 Å². The van der Waals surface area contributed by atoms with Crippen molar-refractivity contribution in [3.63, 3.8) is 0 Å². The summed E-state index contributed by atoms with van der Waals surface area (Å²) >= 11 is 1.88. The molecule has 0 aliphatic carbocycles. The second-order valence-corrected chi connectivity index (χ2v) is 9.47. The summed E-state index contributed by atoms with van der Waals surface area (Å²) < 4.78 is 43.9. The Morgan fingerprint density at radius 3 is 2.73 bits per heavy atom. The van der Waals surface area contributed by atoms with Crippen LogP contribution in [0.2, 0.25) is 0 Å². The lowest BCUT2D eigenvalue weighted by atomic mass is 9.94. The molecule has 4 rings (SSSR count). The van der Waals surface area contributed by atoms with Gasteiger partial charge in [-0.2, -0.15) is 13.2 Å². The molecule has 4 heterocycles. The van der Waals surface area contributed by atoms with Crippen molar-refractivity contribution in [2.24, 2.45) is 5.92 Å². The van der Waals surface area contributed by atoms with Crippen molar-refractivity contribution >= 4 is 23.3 Å². The van der Waals surface area contributed by atoms with E-state index < -0.39 is 12.1 Å². The van der Waals surface area contributed by atoms with Gasteiger partial charge in [0.25, 0.3) is 0 Å². The van der Waals surface area contributed by atoms with E-state index in [1.54, 1.807) is 12.4 Å². The number of aryl methyl sites for hydroxylation is 1. The number of hydrogen-bond donors (Lipinski definition) is 2. The van der Waals surface area contributed by atoms with Crippen LogP contribution >= 0.6 is 11.3 Å². The number of aliphatic carboxylic acids is 1. The number of carbonyl (C=O) groups is 1. The molecule has 33 heavy (non-hydrogen) atoms. The average Bonchev–Trinajstić information content (AvgIpc) is 3.30. The first-order valence-electron chi connectivity index (χ1n) is 10.5. The van der Waals surface area contributed by atoms with Crippen LogP contribution in [0, 0.1) is 12.8 Å². The SMILES string of the molecule is Cc1ccc(CN2CCOCC3(CC(CNc4ncccn4)CO3)C2)s1.O=C(O)C(F)(F)F. The Hall–Kier alpha value is -2.28. The molecule has 2 aliphatic rings. The number of hydrogen-bond acceptors (Lipinski definition) is 8. The van der Waals surface area contributed by atoms with E-state index in [4.69, 9.17) is 19.4 Å². The zero-order valence-corrected chi connectivity index (χ0v) is 19.0. The number of alkyl halides is 3. The summed E-state index contributed by atoms with van der Waals surface area (Å²) in [7, 11) is 0. The summed E-state index contributed by atoms with van der Waals surface area (Å²) in [5.74, 6) is -1.63. The topological polar surface area (TPSA) is 96.8 Å². The molecule has 2 aliphatic heterocycles. The van der Waals surface area contributed by atoms with E-state index in [1.807, 2.05) is 17.4 Å². The van der Waals surface area contributed by atoms with Crippen molar-refractivity contribution < 1.29 is 32.5 Å². The number of nitrogens with one attached hydrogen (secondary N) is 1. The van der Waals surface area contributed by atoms with Crippen LogP contribution in [0.15, 0.2) is 30.6 Å². The van der Waals surface area contributed by atoms with E-state index in [0.717, 1.165) is 45.8 Å². The number of aromatic nitrogens is 2. The highest BCUT2D eigenvalue weighted by atomic mass is 32.1. The molecule has 2 atom stereocenters. The Morgan fingerprint density at radius 2 is 2.09 bits per heavy atom. The van der Waals surface area contributed by atoms with Gasteiger partial charge in [0, 0.05) is 54.2 Å². The van der Waals surface area contributed by atoms with Crippen molar-refractivity contribution in [1.29, 1.82) is 0 Å².